The van der Waals surface area contributed by atoms with E-state index in [1.54, 1.807) is 58.0 Å². The molecule has 0 spiro atoms. The number of aliphatic hydroxyl groups is 3. The first kappa shape index (κ1) is 29.8. The summed E-state index contributed by atoms with van der Waals surface area (Å²) in [5.74, 6) is -4.03. The summed E-state index contributed by atoms with van der Waals surface area (Å²) in [7, 11) is 1.46. The molecule has 41 heavy (non-hydrogen) atoms. The first-order chi connectivity index (χ1) is 19.2. The first-order valence-corrected chi connectivity index (χ1v) is 14.1. The van der Waals surface area contributed by atoms with Crippen molar-refractivity contribution in [2.45, 2.75) is 83.1 Å². The lowest BCUT2D eigenvalue weighted by Gasteiger charge is -2.68. The molecule has 9 atom stereocenters. The molecule has 0 amide bonds. The minimum Gasteiger partial charge on any atom is -0.455 e. The smallest absolute Gasteiger partial charge is 0.338 e. The average Bonchev–Trinajstić information content (AvgIpc) is 2.91. The number of hydrogen-bond acceptors (Lipinski definition) is 10. The summed E-state index contributed by atoms with van der Waals surface area (Å²) in [4.78, 5) is 41.2. The molecular formula is C31H40O10. The van der Waals surface area contributed by atoms with Crippen molar-refractivity contribution in [2.24, 2.45) is 22.7 Å². The van der Waals surface area contributed by atoms with E-state index in [1.807, 2.05) is 0 Å². The number of aliphatic hydroxyl groups excluding tert-OH is 2. The zero-order valence-corrected chi connectivity index (χ0v) is 24.4. The van der Waals surface area contributed by atoms with Crippen molar-refractivity contribution >= 4 is 17.7 Å². The Morgan fingerprint density at radius 1 is 1.15 bits per heavy atom. The summed E-state index contributed by atoms with van der Waals surface area (Å²) in [5, 5.41) is 34.9. The van der Waals surface area contributed by atoms with Crippen LogP contribution in [0.15, 0.2) is 41.5 Å². The number of benzene rings is 1. The lowest BCUT2D eigenvalue weighted by Crippen LogP contribution is -2.81. The summed E-state index contributed by atoms with van der Waals surface area (Å²) in [6.45, 7) is 7.39. The normalized spacial score (nSPS) is 41.2. The number of hydrogen-bond donors (Lipinski definition) is 3. The van der Waals surface area contributed by atoms with Gasteiger partial charge in [-0.3, -0.25) is 9.59 Å². The Bertz CT molecular complexity index is 1270. The maximum absolute atomic E-state index is 14.8. The quantitative estimate of drug-likeness (QED) is 0.353. The van der Waals surface area contributed by atoms with Gasteiger partial charge < -0.3 is 34.3 Å². The number of ketones is 1. The maximum atomic E-state index is 14.8. The molecule has 1 aliphatic heterocycles. The molecule has 1 saturated heterocycles. The van der Waals surface area contributed by atoms with E-state index in [4.69, 9.17) is 18.9 Å². The molecule has 5 rings (SSSR count). The highest BCUT2D eigenvalue weighted by molar-refractivity contribution is 5.92. The molecule has 4 aliphatic rings. The Kier molecular flexibility index (Phi) is 7.27. The Morgan fingerprint density at radius 3 is 2.34 bits per heavy atom. The minimum absolute atomic E-state index is 0.0921. The van der Waals surface area contributed by atoms with Crippen LogP contribution in [0, 0.1) is 22.7 Å². The van der Waals surface area contributed by atoms with Gasteiger partial charge in [0.2, 0.25) is 0 Å². The highest BCUT2D eigenvalue weighted by Crippen LogP contribution is 2.65. The number of carbonyl (C=O) groups excluding carboxylic acids is 3. The van der Waals surface area contributed by atoms with Crippen LogP contribution in [0.1, 0.15) is 57.8 Å². The summed E-state index contributed by atoms with van der Waals surface area (Å²) < 4.78 is 24.1. The molecule has 3 fully saturated rings. The molecule has 1 unspecified atom stereocenters. The zero-order valence-electron chi connectivity index (χ0n) is 24.4. The third-order valence-electron chi connectivity index (χ3n) is 10.5. The number of ether oxygens (including phenoxy) is 4. The largest absolute Gasteiger partial charge is 0.455 e. The van der Waals surface area contributed by atoms with Crippen molar-refractivity contribution in [1.82, 2.24) is 0 Å². The van der Waals surface area contributed by atoms with Crippen molar-refractivity contribution in [3.63, 3.8) is 0 Å². The van der Waals surface area contributed by atoms with E-state index in [0.29, 0.717) is 11.1 Å². The van der Waals surface area contributed by atoms with Gasteiger partial charge in [-0.25, -0.2) is 4.79 Å². The standard InChI is InChI=1S/C31H40O10/c1-16-20(34)13-31(37)26(40-27(36)18-10-8-7-9-11-18)24-29(5,25(35)19(14-32)23(16)28(31,3)4)21(38-6)12-22-30(24,15-39-22)41-17(2)33/h7-11,19-22,24,26,32,34,37H,12-15H2,1-6H3/t19-,20+,21+,22-,24?,26+,29-,30+,31-/m1/s1. The molecule has 224 valence electrons. The van der Waals surface area contributed by atoms with Gasteiger partial charge in [0.05, 0.1) is 48.2 Å². The molecule has 3 N–H and O–H groups in total. The van der Waals surface area contributed by atoms with Crippen LogP contribution in [0.3, 0.4) is 0 Å². The van der Waals surface area contributed by atoms with Crippen molar-refractivity contribution in [1.29, 1.82) is 0 Å². The van der Waals surface area contributed by atoms with Gasteiger partial charge in [-0.05, 0) is 37.1 Å². The Morgan fingerprint density at radius 2 is 1.80 bits per heavy atom. The van der Waals surface area contributed by atoms with Crippen molar-refractivity contribution in [3.8, 4) is 0 Å². The molecule has 2 bridgehead atoms. The van der Waals surface area contributed by atoms with Crippen LogP contribution in [0.4, 0.5) is 0 Å². The summed E-state index contributed by atoms with van der Waals surface area (Å²) in [5.41, 5.74) is -5.09. The number of rotatable bonds is 5. The number of fused-ring (bicyclic) bond motifs is 5. The lowest BCUT2D eigenvalue weighted by molar-refractivity contribution is -0.347. The zero-order chi connectivity index (χ0) is 30.1. The third kappa shape index (κ3) is 3.98. The van der Waals surface area contributed by atoms with Gasteiger partial charge in [-0.15, -0.1) is 0 Å². The minimum atomic E-state index is -1.96. The molecule has 10 nitrogen and oxygen atoms in total. The number of Topliss-reactive ketones (excluding diaryl/α,β-unsaturated/α-hetero) is 1. The van der Waals surface area contributed by atoms with Crippen LogP contribution in [0.25, 0.3) is 0 Å². The van der Waals surface area contributed by atoms with Gasteiger partial charge >= 0.3 is 11.9 Å². The average molecular weight is 573 g/mol. The van der Waals surface area contributed by atoms with Crippen molar-refractivity contribution in [2.75, 3.05) is 20.3 Å². The predicted octanol–water partition coefficient (Wildman–Crippen LogP) is 1.98. The summed E-state index contributed by atoms with van der Waals surface area (Å²) >= 11 is 0. The topological polar surface area (TPSA) is 149 Å². The Labute approximate surface area is 239 Å². The van der Waals surface area contributed by atoms with E-state index in [9.17, 15) is 29.7 Å². The Balaban J connectivity index is 1.84. The van der Waals surface area contributed by atoms with E-state index < -0.39 is 82.6 Å². The van der Waals surface area contributed by atoms with Gasteiger partial charge in [0, 0.05) is 32.3 Å². The Hall–Kier alpha value is -2.63. The fraction of sp³-hybridized carbons (Fsp3) is 0.645. The monoisotopic (exact) mass is 572 g/mol. The predicted molar refractivity (Wildman–Crippen MR) is 145 cm³/mol. The maximum Gasteiger partial charge on any atom is 0.338 e. The summed E-state index contributed by atoms with van der Waals surface area (Å²) in [6, 6.07) is 8.27. The van der Waals surface area contributed by atoms with Crippen LogP contribution < -0.4 is 0 Å². The molecular weight excluding hydrogens is 532 g/mol. The van der Waals surface area contributed by atoms with Gasteiger partial charge in [0.15, 0.2) is 11.4 Å². The first-order valence-electron chi connectivity index (χ1n) is 14.1. The molecule has 3 aliphatic carbocycles. The van der Waals surface area contributed by atoms with Crippen molar-refractivity contribution < 1.29 is 48.7 Å². The second-order valence-electron chi connectivity index (χ2n) is 12.7. The second kappa shape index (κ2) is 9.98. The van der Waals surface area contributed by atoms with Crippen LogP contribution in [0.2, 0.25) is 0 Å². The molecule has 1 aromatic carbocycles. The molecule has 1 aromatic rings. The highest BCUT2D eigenvalue weighted by Gasteiger charge is 2.78. The van der Waals surface area contributed by atoms with E-state index in [1.165, 1.54) is 14.0 Å². The van der Waals surface area contributed by atoms with Gasteiger partial charge in [-0.1, -0.05) is 32.0 Å². The fourth-order valence-electron chi connectivity index (χ4n) is 8.39. The molecule has 0 radical (unpaired) electrons. The van der Waals surface area contributed by atoms with Gasteiger partial charge in [0.25, 0.3) is 0 Å². The van der Waals surface area contributed by atoms with Crippen LogP contribution in [0.5, 0.6) is 0 Å². The second-order valence-corrected chi connectivity index (χ2v) is 12.7. The van der Waals surface area contributed by atoms with Gasteiger partial charge in [0.1, 0.15) is 17.8 Å². The number of carbonyl (C=O) groups is 3. The molecule has 10 heteroatoms. The molecule has 2 saturated carbocycles. The van der Waals surface area contributed by atoms with Crippen LogP contribution >= 0.6 is 0 Å². The fourth-order valence-corrected chi connectivity index (χ4v) is 8.39. The van der Waals surface area contributed by atoms with Gasteiger partial charge in [-0.2, -0.15) is 0 Å². The van der Waals surface area contributed by atoms with E-state index in [-0.39, 0.29) is 25.0 Å². The third-order valence-corrected chi connectivity index (χ3v) is 10.5. The van der Waals surface area contributed by atoms with E-state index >= 15 is 0 Å². The lowest BCUT2D eigenvalue weighted by atomic mass is 9.43. The number of esters is 2. The molecule has 0 aromatic heterocycles. The highest BCUT2D eigenvalue weighted by atomic mass is 16.6. The van der Waals surface area contributed by atoms with E-state index in [2.05, 4.69) is 0 Å². The summed E-state index contributed by atoms with van der Waals surface area (Å²) in [6.07, 6.45) is -4.17. The van der Waals surface area contributed by atoms with E-state index in [0.717, 1.165) is 0 Å². The molecule has 1 heterocycles. The SMILES string of the molecule is CO[C@H]1C[C@H]2OC[C@@]2(OC(C)=O)C2[C@H](OC(=O)c3ccccc3)[C@]3(O)C[C@H](O)C(C)=C([C@@H](CO)C(=O)[C@@]21C)C3(C)C. The van der Waals surface area contributed by atoms with Crippen LogP contribution in [-0.2, 0) is 28.5 Å². The van der Waals surface area contributed by atoms with Crippen molar-refractivity contribution in [3.05, 3.63) is 47.0 Å². The van der Waals surface area contributed by atoms with Crippen LogP contribution in [-0.4, -0.2) is 89.0 Å². The number of methoxy groups -OCH3 is 1.